The zero-order valence-corrected chi connectivity index (χ0v) is 22.4. The molecule has 0 heterocycles. The molecule has 0 saturated carbocycles. The molecule has 2 aromatic carbocycles. The SMILES string of the molecule is COCCOCCOCCOc1cc(N)cc(C#Cc2cc(N)cc(OCCOCCOCCOC)c2)c1. The number of rotatable bonds is 20. The third-order valence-corrected chi connectivity index (χ3v) is 4.81. The second-order valence-corrected chi connectivity index (χ2v) is 7.96. The molecule has 0 spiro atoms. The van der Waals surface area contributed by atoms with Gasteiger partial charge < -0.3 is 49.4 Å². The summed E-state index contributed by atoms with van der Waals surface area (Å²) in [5.41, 5.74) is 14.6. The van der Waals surface area contributed by atoms with Gasteiger partial charge in [-0.15, -0.1) is 0 Å². The lowest BCUT2D eigenvalue weighted by Crippen LogP contribution is -2.12. The van der Waals surface area contributed by atoms with Crippen LogP contribution in [0.4, 0.5) is 11.4 Å². The second-order valence-electron chi connectivity index (χ2n) is 7.96. The summed E-state index contributed by atoms with van der Waals surface area (Å²) >= 11 is 0. The quantitative estimate of drug-likeness (QED) is 0.149. The van der Waals surface area contributed by atoms with Crippen LogP contribution in [-0.4, -0.2) is 93.5 Å². The summed E-state index contributed by atoms with van der Waals surface area (Å²) in [6.45, 7) is 5.87. The van der Waals surface area contributed by atoms with Crippen LogP contribution in [0.3, 0.4) is 0 Å². The number of hydrogen-bond donors (Lipinski definition) is 2. The Bertz CT molecular complexity index is 902. The molecule has 0 aromatic heterocycles. The van der Waals surface area contributed by atoms with Crippen LogP contribution in [0.1, 0.15) is 11.1 Å². The van der Waals surface area contributed by atoms with E-state index in [4.69, 9.17) is 49.4 Å². The summed E-state index contributed by atoms with van der Waals surface area (Å²) in [5, 5.41) is 0. The lowest BCUT2D eigenvalue weighted by molar-refractivity contribution is 0.0180. The molecule has 0 radical (unpaired) electrons. The first-order chi connectivity index (χ1) is 18.6. The maximum Gasteiger partial charge on any atom is 0.122 e. The van der Waals surface area contributed by atoms with Crippen LogP contribution in [-0.2, 0) is 28.4 Å². The molecule has 0 bridgehead atoms. The lowest BCUT2D eigenvalue weighted by Gasteiger charge is -2.09. The Morgan fingerprint density at radius 3 is 1.18 bits per heavy atom. The van der Waals surface area contributed by atoms with E-state index in [1.165, 1.54) is 0 Å². The highest BCUT2D eigenvalue weighted by Crippen LogP contribution is 2.20. The molecule has 10 nitrogen and oxygen atoms in total. The number of nitrogens with two attached hydrogens (primary N) is 2. The minimum absolute atomic E-state index is 0.384. The van der Waals surface area contributed by atoms with Gasteiger partial charge in [-0.3, -0.25) is 0 Å². The Morgan fingerprint density at radius 2 is 0.816 bits per heavy atom. The Morgan fingerprint density at radius 1 is 0.474 bits per heavy atom. The number of benzene rings is 2. The minimum Gasteiger partial charge on any atom is -0.491 e. The molecular weight excluding hydrogens is 492 g/mol. The van der Waals surface area contributed by atoms with Crippen LogP contribution in [0.5, 0.6) is 11.5 Å². The molecule has 10 heteroatoms. The van der Waals surface area contributed by atoms with Gasteiger partial charge in [0.2, 0.25) is 0 Å². The maximum absolute atomic E-state index is 6.04. The number of hydrogen-bond acceptors (Lipinski definition) is 10. The summed E-state index contributed by atoms with van der Waals surface area (Å²) in [4.78, 5) is 0. The molecule has 38 heavy (non-hydrogen) atoms. The van der Waals surface area contributed by atoms with Gasteiger partial charge >= 0.3 is 0 Å². The Labute approximate surface area is 225 Å². The first-order valence-corrected chi connectivity index (χ1v) is 12.5. The zero-order chi connectivity index (χ0) is 27.3. The third-order valence-electron chi connectivity index (χ3n) is 4.81. The van der Waals surface area contributed by atoms with Crippen molar-refractivity contribution in [2.45, 2.75) is 0 Å². The highest BCUT2D eigenvalue weighted by atomic mass is 16.6. The molecule has 0 aliphatic carbocycles. The smallest absolute Gasteiger partial charge is 0.122 e. The van der Waals surface area contributed by atoms with Crippen LogP contribution in [0.2, 0.25) is 0 Å². The Hall–Kier alpha value is -3.04. The average Bonchev–Trinajstić information content (AvgIpc) is 2.89. The third kappa shape index (κ3) is 14.6. The molecule has 0 amide bonds. The van der Waals surface area contributed by atoms with E-state index in [9.17, 15) is 0 Å². The van der Waals surface area contributed by atoms with Gasteiger partial charge in [-0.05, 0) is 24.3 Å². The van der Waals surface area contributed by atoms with Crippen molar-refractivity contribution in [3.05, 3.63) is 47.5 Å². The lowest BCUT2D eigenvalue weighted by atomic mass is 10.1. The monoisotopic (exact) mass is 532 g/mol. The van der Waals surface area contributed by atoms with Crippen molar-refractivity contribution in [3.8, 4) is 23.3 Å². The first kappa shape index (κ1) is 31.2. The largest absolute Gasteiger partial charge is 0.491 e. The molecule has 0 unspecified atom stereocenters. The second kappa shape index (κ2) is 20.0. The summed E-state index contributed by atoms with van der Waals surface area (Å²) in [6.07, 6.45) is 0. The standard InChI is InChI=1S/C28H40N2O8/c1-31-5-7-33-9-11-35-13-15-37-27-19-23(17-25(29)21-27)3-4-24-18-26(30)22-28(20-24)38-16-14-36-12-10-34-8-6-32-2/h17-22H,5-16,29-30H2,1-2H3. The van der Waals surface area contributed by atoms with Gasteiger partial charge in [-0.2, -0.15) is 0 Å². The molecular formula is C28H40N2O8. The van der Waals surface area contributed by atoms with E-state index < -0.39 is 0 Å². The number of methoxy groups -OCH3 is 2. The molecule has 4 N–H and O–H groups in total. The molecule has 0 aliphatic rings. The predicted molar refractivity (Wildman–Crippen MR) is 146 cm³/mol. The molecule has 2 aromatic rings. The normalized spacial score (nSPS) is 10.7. The summed E-state index contributed by atoms with van der Waals surface area (Å²) < 4.78 is 43.0. The van der Waals surface area contributed by atoms with E-state index in [0.29, 0.717) is 102 Å². The van der Waals surface area contributed by atoms with Crippen LogP contribution >= 0.6 is 0 Å². The van der Waals surface area contributed by atoms with Crippen LogP contribution in [0, 0.1) is 11.8 Å². The van der Waals surface area contributed by atoms with Crippen LogP contribution in [0.25, 0.3) is 0 Å². The molecule has 2 rings (SSSR count). The van der Waals surface area contributed by atoms with E-state index >= 15 is 0 Å². The fourth-order valence-corrected chi connectivity index (χ4v) is 3.06. The van der Waals surface area contributed by atoms with Crippen molar-refractivity contribution in [1.82, 2.24) is 0 Å². The van der Waals surface area contributed by atoms with Crippen molar-refractivity contribution >= 4 is 11.4 Å². The van der Waals surface area contributed by atoms with Crippen LogP contribution < -0.4 is 20.9 Å². The van der Waals surface area contributed by atoms with Gasteiger partial charge in [0.05, 0.1) is 66.1 Å². The zero-order valence-electron chi connectivity index (χ0n) is 22.4. The van der Waals surface area contributed by atoms with Gasteiger partial charge in [-0.25, -0.2) is 0 Å². The summed E-state index contributed by atoms with van der Waals surface area (Å²) in [7, 11) is 3.27. The van der Waals surface area contributed by atoms with Gasteiger partial charge in [0.25, 0.3) is 0 Å². The molecule has 0 fully saturated rings. The minimum atomic E-state index is 0.384. The molecule has 0 aliphatic heterocycles. The topological polar surface area (TPSA) is 126 Å². The number of nitrogen functional groups attached to an aromatic ring is 2. The van der Waals surface area contributed by atoms with E-state index in [1.54, 1.807) is 38.5 Å². The van der Waals surface area contributed by atoms with Crippen molar-refractivity contribution in [2.24, 2.45) is 0 Å². The highest BCUT2D eigenvalue weighted by Gasteiger charge is 2.02. The Kier molecular flexibility index (Phi) is 16.4. The number of anilines is 2. The van der Waals surface area contributed by atoms with Crippen LogP contribution in [0.15, 0.2) is 36.4 Å². The summed E-state index contributed by atoms with van der Waals surface area (Å²) in [6, 6.07) is 10.7. The molecule has 0 saturated heterocycles. The summed E-state index contributed by atoms with van der Waals surface area (Å²) in [5.74, 6) is 7.46. The molecule has 210 valence electrons. The fraction of sp³-hybridized carbons (Fsp3) is 0.500. The van der Waals surface area contributed by atoms with Gasteiger partial charge in [-0.1, -0.05) is 11.8 Å². The van der Waals surface area contributed by atoms with Crippen molar-refractivity contribution in [2.75, 3.05) is 105 Å². The molecule has 0 atom stereocenters. The van der Waals surface area contributed by atoms with Gasteiger partial charge in [0.1, 0.15) is 24.7 Å². The predicted octanol–water partition coefficient (Wildman–Crippen LogP) is 2.37. The van der Waals surface area contributed by atoms with Gasteiger partial charge in [0, 0.05) is 48.9 Å². The van der Waals surface area contributed by atoms with Crippen molar-refractivity contribution < 1.29 is 37.9 Å². The van der Waals surface area contributed by atoms with Crippen molar-refractivity contribution in [3.63, 3.8) is 0 Å². The fourth-order valence-electron chi connectivity index (χ4n) is 3.06. The van der Waals surface area contributed by atoms with Crippen molar-refractivity contribution in [1.29, 1.82) is 0 Å². The Balaban J connectivity index is 1.78. The van der Waals surface area contributed by atoms with E-state index in [1.807, 2.05) is 12.1 Å². The maximum atomic E-state index is 6.04. The average molecular weight is 533 g/mol. The highest BCUT2D eigenvalue weighted by molar-refractivity contribution is 5.57. The van der Waals surface area contributed by atoms with E-state index in [-0.39, 0.29) is 0 Å². The first-order valence-electron chi connectivity index (χ1n) is 12.5. The number of ether oxygens (including phenoxy) is 8. The van der Waals surface area contributed by atoms with E-state index in [2.05, 4.69) is 11.8 Å². The van der Waals surface area contributed by atoms with Gasteiger partial charge in [0.15, 0.2) is 0 Å². The van der Waals surface area contributed by atoms with E-state index in [0.717, 1.165) is 11.1 Å².